The highest BCUT2D eigenvalue weighted by Crippen LogP contribution is 2.34. The Hall–Kier alpha value is -1.30. The Morgan fingerprint density at radius 2 is 2.33 bits per heavy atom. The second-order valence-corrected chi connectivity index (χ2v) is 4.31. The van der Waals surface area contributed by atoms with Gasteiger partial charge in [-0.25, -0.2) is 0 Å². The Labute approximate surface area is 107 Å². The van der Waals surface area contributed by atoms with Crippen LogP contribution in [0.4, 0.5) is 0 Å². The zero-order valence-electron chi connectivity index (χ0n) is 10.7. The van der Waals surface area contributed by atoms with E-state index in [2.05, 4.69) is 5.32 Å². The Balaban J connectivity index is 1.93. The van der Waals surface area contributed by atoms with Gasteiger partial charge in [-0.2, -0.15) is 0 Å². The lowest BCUT2D eigenvalue weighted by Crippen LogP contribution is -2.34. The van der Waals surface area contributed by atoms with Crippen molar-refractivity contribution in [2.45, 2.75) is 12.1 Å². The fraction of sp³-hybridized carbons (Fsp3) is 0.538. The van der Waals surface area contributed by atoms with Gasteiger partial charge in [-0.3, -0.25) is 0 Å². The number of fused-ring (bicyclic) bond motifs is 1. The Bertz CT molecular complexity index is 397. The number of rotatable bonds is 6. The van der Waals surface area contributed by atoms with Crippen molar-refractivity contribution in [2.24, 2.45) is 0 Å². The molecule has 100 valence electrons. The van der Waals surface area contributed by atoms with E-state index in [0.29, 0.717) is 19.8 Å². The summed E-state index contributed by atoms with van der Waals surface area (Å²) in [5.74, 6) is 0.969. The monoisotopic (exact) mass is 253 g/mol. The van der Waals surface area contributed by atoms with Crippen LogP contribution in [0.5, 0.6) is 11.5 Å². The van der Waals surface area contributed by atoms with Crippen LogP contribution in [-0.2, 0) is 9.47 Å². The SMILES string of the molecule is COCC(CNC1COc2cc(O)ccc21)OC. The van der Waals surface area contributed by atoms with Gasteiger partial charge in [0.05, 0.1) is 18.8 Å². The molecule has 1 aromatic rings. The van der Waals surface area contributed by atoms with Crippen molar-refractivity contribution < 1.29 is 19.3 Å². The van der Waals surface area contributed by atoms with E-state index in [-0.39, 0.29) is 17.9 Å². The summed E-state index contributed by atoms with van der Waals surface area (Å²) in [5.41, 5.74) is 1.07. The maximum Gasteiger partial charge on any atom is 0.127 e. The molecular formula is C13H19NO4. The van der Waals surface area contributed by atoms with E-state index >= 15 is 0 Å². The van der Waals surface area contributed by atoms with Gasteiger partial charge in [-0.15, -0.1) is 0 Å². The number of hydrogen-bond donors (Lipinski definition) is 2. The average molecular weight is 253 g/mol. The molecule has 0 aliphatic carbocycles. The van der Waals surface area contributed by atoms with Gasteiger partial charge < -0.3 is 24.6 Å². The molecule has 0 saturated heterocycles. The molecule has 1 aliphatic rings. The lowest BCUT2D eigenvalue weighted by Gasteiger charge is -2.18. The highest BCUT2D eigenvalue weighted by Gasteiger charge is 2.24. The van der Waals surface area contributed by atoms with Crippen molar-refractivity contribution >= 4 is 0 Å². The lowest BCUT2D eigenvalue weighted by molar-refractivity contribution is 0.0269. The van der Waals surface area contributed by atoms with E-state index in [4.69, 9.17) is 14.2 Å². The van der Waals surface area contributed by atoms with Crippen molar-refractivity contribution in [2.75, 3.05) is 34.0 Å². The van der Waals surface area contributed by atoms with Gasteiger partial charge in [0.15, 0.2) is 0 Å². The molecule has 0 amide bonds. The van der Waals surface area contributed by atoms with E-state index in [1.807, 2.05) is 6.07 Å². The molecule has 1 aromatic carbocycles. The molecule has 1 heterocycles. The number of aromatic hydroxyl groups is 1. The Morgan fingerprint density at radius 1 is 1.50 bits per heavy atom. The average Bonchev–Trinajstić information content (AvgIpc) is 2.76. The summed E-state index contributed by atoms with van der Waals surface area (Å²) in [6.07, 6.45) is 0.0242. The minimum atomic E-state index is 0.0242. The summed E-state index contributed by atoms with van der Waals surface area (Å²) in [6, 6.07) is 5.33. The summed E-state index contributed by atoms with van der Waals surface area (Å²) in [7, 11) is 3.32. The quantitative estimate of drug-likeness (QED) is 0.794. The zero-order chi connectivity index (χ0) is 13.0. The minimum Gasteiger partial charge on any atom is -0.508 e. The molecule has 2 unspecified atom stereocenters. The Morgan fingerprint density at radius 3 is 3.06 bits per heavy atom. The number of nitrogens with one attached hydrogen (secondary N) is 1. The fourth-order valence-electron chi connectivity index (χ4n) is 2.04. The van der Waals surface area contributed by atoms with Crippen LogP contribution in [0.15, 0.2) is 18.2 Å². The highest BCUT2D eigenvalue weighted by atomic mass is 16.5. The molecule has 0 saturated carbocycles. The first-order valence-electron chi connectivity index (χ1n) is 5.95. The smallest absolute Gasteiger partial charge is 0.127 e. The lowest BCUT2D eigenvalue weighted by atomic mass is 10.1. The van der Waals surface area contributed by atoms with Gasteiger partial charge in [0.1, 0.15) is 18.1 Å². The Kier molecular flexibility index (Phi) is 4.41. The molecule has 18 heavy (non-hydrogen) atoms. The molecule has 1 aliphatic heterocycles. The molecule has 0 radical (unpaired) electrons. The molecule has 5 nitrogen and oxygen atoms in total. The molecule has 2 rings (SSSR count). The summed E-state index contributed by atoms with van der Waals surface area (Å²) < 4.78 is 15.9. The van der Waals surface area contributed by atoms with Crippen LogP contribution < -0.4 is 10.1 Å². The van der Waals surface area contributed by atoms with Crippen LogP contribution >= 0.6 is 0 Å². The molecule has 5 heteroatoms. The maximum absolute atomic E-state index is 9.37. The molecule has 2 atom stereocenters. The van der Waals surface area contributed by atoms with E-state index in [9.17, 15) is 5.11 Å². The fourth-order valence-corrected chi connectivity index (χ4v) is 2.04. The van der Waals surface area contributed by atoms with Crippen molar-refractivity contribution in [3.63, 3.8) is 0 Å². The van der Waals surface area contributed by atoms with Crippen molar-refractivity contribution in [1.29, 1.82) is 0 Å². The van der Waals surface area contributed by atoms with Crippen LogP contribution in [0.3, 0.4) is 0 Å². The van der Waals surface area contributed by atoms with E-state index in [1.165, 1.54) is 0 Å². The molecule has 0 aromatic heterocycles. The van der Waals surface area contributed by atoms with E-state index in [0.717, 1.165) is 11.3 Å². The van der Waals surface area contributed by atoms with Gasteiger partial charge in [-0.05, 0) is 12.1 Å². The second kappa shape index (κ2) is 6.04. The van der Waals surface area contributed by atoms with Crippen LogP contribution in [0.25, 0.3) is 0 Å². The van der Waals surface area contributed by atoms with Gasteiger partial charge in [-0.1, -0.05) is 0 Å². The molecule has 0 spiro atoms. The third-order valence-electron chi connectivity index (χ3n) is 3.06. The molecular weight excluding hydrogens is 234 g/mol. The largest absolute Gasteiger partial charge is 0.508 e. The predicted octanol–water partition coefficient (Wildman–Crippen LogP) is 1.08. The standard InChI is InChI=1S/C13H19NO4/c1-16-7-10(17-2)6-14-12-8-18-13-5-9(15)3-4-11(12)13/h3-5,10,12,14-15H,6-8H2,1-2H3. The van der Waals surface area contributed by atoms with Crippen molar-refractivity contribution in [1.82, 2.24) is 5.32 Å². The first kappa shape index (κ1) is 13.1. The number of methoxy groups -OCH3 is 2. The first-order valence-corrected chi connectivity index (χ1v) is 5.95. The number of phenols is 1. The molecule has 0 bridgehead atoms. The highest BCUT2D eigenvalue weighted by molar-refractivity contribution is 5.44. The summed E-state index contributed by atoms with van der Waals surface area (Å²) in [5, 5.41) is 12.8. The maximum atomic E-state index is 9.37. The normalized spacial score (nSPS) is 19.3. The van der Waals surface area contributed by atoms with E-state index < -0.39 is 0 Å². The summed E-state index contributed by atoms with van der Waals surface area (Å²) >= 11 is 0. The minimum absolute atomic E-state index is 0.0242. The van der Waals surface area contributed by atoms with E-state index in [1.54, 1.807) is 26.4 Å². The number of benzene rings is 1. The second-order valence-electron chi connectivity index (χ2n) is 4.31. The first-order chi connectivity index (χ1) is 8.74. The predicted molar refractivity (Wildman–Crippen MR) is 67.0 cm³/mol. The van der Waals surface area contributed by atoms with Crippen LogP contribution in [0.1, 0.15) is 11.6 Å². The third kappa shape index (κ3) is 2.93. The van der Waals surface area contributed by atoms with Crippen molar-refractivity contribution in [3.05, 3.63) is 23.8 Å². The van der Waals surface area contributed by atoms with Gasteiger partial charge in [0.25, 0.3) is 0 Å². The third-order valence-corrected chi connectivity index (χ3v) is 3.06. The van der Waals surface area contributed by atoms with Gasteiger partial charge in [0.2, 0.25) is 0 Å². The summed E-state index contributed by atoms with van der Waals surface area (Å²) in [4.78, 5) is 0. The van der Waals surface area contributed by atoms with Crippen molar-refractivity contribution in [3.8, 4) is 11.5 Å². The number of hydrogen-bond acceptors (Lipinski definition) is 5. The molecule has 0 fully saturated rings. The zero-order valence-corrected chi connectivity index (χ0v) is 10.7. The molecule has 2 N–H and O–H groups in total. The van der Waals surface area contributed by atoms with Crippen LogP contribution in [0.2, 0.25) is 0 Å². The number of ether oxygens (including phenoxy) is 3. The number of phenolic OH excluding ortho intramolecular Hbond substituents is 1. The summed E-state index contributed by atoms with van der Waals surface area (Å²) in [6.45, 7) is 1.82. The topological polar surface area (TPSA) is 60.0 Å². The van der Waals surface area contributed by atoms with Gasteiger partial charge >= 0.3 is 0 Å². The van der Waals surface area contributed by atoms with Crippen LogP contribution in [-0.4, -0.2) is 45.2 Å². The van der Waals surface area contributed by atoms with Crippen LogP contribution in [0, 0.1) is 0 Å². The van der Waals surface area contributed by atoms with Gasteiger partial charge in [0, 0.05) is 32.4 Å².